The van der Waals surface area contributed by atoms with Crippen molar-refractivity contribution in [3.05, 3.63) is 78.6 Å². The van der Waals surface area contributed by atoms with Crippen LogP contribution in [0.1, 0.15) is 5.56 Å². The molecule has 3 heteroatoms. The standard InChI is InChI=1S/C20H15N3/c1-14-11-12-17(15-7-3-2-4-8-15)23-19(14)20-16-9-5-6-10-18(16)21-13-22-20/h2-13H,1H3. The van der Waals surface area contributed by atoms with Crippen LogP contribution in [0.2, 0.25) is 0 Å². The van der Waals surface area contributed by atoms with Crippen LogP contribution in [0, 0.1) is 6.92 Å². The van der Waals surface area contributed by atoms with Crippen LogP contribution in [-0.2, 0) is 0 Å². The van der Waals surface area contributed by atoms with Crippen LogP contribution in [0.4, 0.5) is 0 Å². The Kier molecular flexibility index (Phi) is 3.31. The molecule has 0 saturated carbocycles. The van der Waals surface area contributed by atoms with Gasteiger partial charge in [-0.15, -0.1) is 0 Å². The number of nitrogens with zero attached hydrogens (tertiary/aromatic N) is 3. The minimum atomic E-state index is 0.880. The average Bonchev–Trinajstić information content (AvgIpc) is 2.62. The normalized spacial score (nSPS) is 10.8. The van der Waals surface area contributed by atoms with Gasteiger partial charge >= 0.3 is 0 Å². The highest BCUT2D eigenvalue weighted by atomic mass is 14.9. The summed E-state index contributed by atoms with van der Waals surface area (Å²) in [6.07, 6.45) is 1.61. The lowest BCUT2D eigenvalue weighted by Gasteiger charge is -2.10. The first kappa shape index (κ1) is 13.6. The first-order valence-corrected chi connectivity index (χ1v) is 7.56. The van der Waals surface area contributed by atoms with Gasteiger partial charge in [0.05, 0.1) is 16.9 Å². The van der Waals surface area contributed by atoms with E-state index in [9.17, 15) is 0 Å². The highest BCUT2D eigenvalue weighted by Gasteiger charge is 2.11. The lowest BCUT2D eigenvalue weighted by Crippen LogP contribution is -1.96. The molecule has 0 N–H and O–H groups in total. The van der Waals surface area contributed by atoms with E-state index in [1.807, 2.05) is 42.5 Å². The molecule has 0 radical (unpaired) electrons. The van der Waals surface area contributed by atoms with Crippen LogP contribution in [0.3, 0.4) is 0 Å². The molecule has 0 fully saturated rings. The van der Waals surface area contributed by atoms with Crippen LogP contribution in [0.5, 0.6) is 0 Å². The van der Waals surface area contributed by atoms with Gasteiger partial charge in [0.15, 0.2) is 0 Å². The Morgan fingerprint density at radius 3 is 2.35 bits per heavy atom. The largest absolute Gasteiger partial charge is 0.246 e. The van der Waals surface area contributed by atoms with Crippen LogP contribution < -0.4 is 0 Å². The zero-order valence-corrected chi connectivity index (χ0v) is 12.8. The predicted molar refractivity (Wildman–Crippen MR) is 92.9 cm³/mol. The molecule has 0 aliphatic rings. The lowest BCUT2D eigenvalue weighted by molar-refractivity contribution is 1.18. The van der Waals surface area contributed by atoms with Crippen LogP contribution in [-0.4, -0.2) is 15.0 Å². The summed E-state index contributed by atoms with van der Waals surface area (Å²) >= 11 is 0. The fourth-order valence-corrected chi connectivity index (χ4v) is 2.73. The number of pyridine rings is 1. The Balaban J connectivity index is 1.95. The van der Waals surface area contributed by atoms with Crippen molar-refractivity contribution in [1.82, 2.24) is 15.0 Å². The number of fused-ring (bicyclic) bond motifs is 1. The number of hydrogen-bond donors (Lipinski definition) is 0. The third-order valence-electron chi connectivity index (χ3n) is 3.93. The molecule has 2 aromatic carbocycles. The average molecular weight is 297 g/mol. The van der Waals surface area contributed by atoms with Crippen LogP contribution in [0.15, 0.2) is 73.1 Å². The molecule has 23 heavy (non-hydrogen) atoms. The Labute approximate surface area is 134 Å². The number of rotatable bonds is 2. The van der Waals surface area contributed by atoms with Crippen molar-refractivity contribution >= 4 is 10.9 Å². The molecular weight excluding hydrogens is 282 g/mol. The molecule has 2 heterocycles. The van der Waals surface area contributed by atoms with Crippen molar-refractivity contribution in [2.45, 2.75) is 6.92 Å². The third kappa shape index (κ3) is 2.46. The second kappa shape index (κ2) is 5.61. The molecule has 0 unspecified atom stereocenters. The van der Waals surface area contributed by atoms with E-state index in [1.54, 1.807) is 6.33 Å². The van der Waals surface area contributed by atoms with E-state index in [1.165, 1.54) is 0 Å². The van der Waals surface area contributed by atoms with Crippen LogP contribution in [0.25, 0.3) is 33.5 Å². The summed E-state index contributed by atoms with van der Waals surface area (Å²) in [6, 6.07) is 22.4. The number of para-hydroxylation sites is 1. The van der Waals surface area contributed by atoms with Crippen molar-refractivity contribution in [3.63, 3.8) is 0 Å². The van der Waals surface area contributed by atoms with E-state index >= 15 is 0 Å². The molecule has 0 bridgehead atoms. The van der Waals surface area contributed by atoms with Gasteiger partial charge < -0.3 is 0 Å². The molecule has 4 rings (SSSR count). The predicted octanol–water partition coefficient (Wildman–Crippen LogP) is 4.67. The zero-order valence-electron chi connectivity index (χ0n) is 12.8. The molecule has 3 nitrogen and oxygen atoms in total. The second-order valence-corrected chi connectivity index (χ2v) is 5.47. The van der Waals surface area contributed by atoms with E-state index in [4.69, 9.17) is 4.98 Å². The maximum absolute atomic E-state index is 4.87. The number of hydrogen-bond acceptors (Lipinski definition) is 3. The van der Waals surface area contributed by atoms with Gasteiger partial charge in [-0.2, -0.15) is 0 Å². The maximum atomic E-state index is 4.87. The summed E-state index contributed by atoms with van der Waals surface area (Å²) in [6.45, 7) is 2.06. The SMILES string of the molecule is Cc1ccc(-c2ccccc2)nc1-c1ncnc2ccccc12. The molecule has 0 amide bonds. The molecule has 110 valence electrons. The monoisotopic (exact) mass is 297 g/mol. The number of aryl methyl sites for hydroxylation is 1. The summed E-state index contributed by atoms with van der Waals surface area (Å²) < 4.78 is 0. The van der Waals surface area contributed by atoms with E-state index < -0.39 is 0 Å². The van der Waals surface area contributed by atoms with Gasteiger partial charge in [0.1, 0.15) is 12.0 Å². The minimum absolute atomic E-state index is 0.880. The molecule has 0 spiro atoms. The van der Waals surface area contributed by atoms with Crippen molar-refractivity contribution in [3.8, 4) is 22.6 Å². The molecule has 0 saturated heterocycles. The summed E-state index contributed by atoms with van der Waals surface area (Å²) in [7, 11) is 0. The topological polar surface area (TPSA) is 38.7 Å². The fraction of sp³-hybridized carbons (Fsp3) is 0.0500. The Morgan fingerprint density at radius 2 is 1.48 bits per heavy atom. The van der Waals surface area contributed by atoms with Crippen molar-refractivity contribution in [2.24, 2.45) is 0 Å². The number of aromatic nitrogens is 3. The molecule has 4 aromatic rings. The van der Waals surface area contributed by atoms with Gasteiger partial charge in [-0.3, -0.25) is 0 Å². The molecule has 0 aliphatic carbocycles. The Hall–Kier alpha value is -3.07. The molecule has 0 atom stereocenters. The highest BCUT2D eigenvalue weighted by molar-refractivity contribution is 5.92. The molecule has 0 aliphatic heterocycles. The smallest absolute Gasteiger partial charge is 0.116 e. The third-order valence-corrected chi connectivity index (χ3v) is 3.93. The second-order valence-electron chi connectivity index (χ2n) is 5.47. The minimum Gasteiger partial charge on any atom is -0.246 e. The van der Waals surface area contributed by atoms with E-state index in [-0.39, 0.29) is 0 Å². The first-order chi connectivity index (χ1) is 11.3. The van der Waals surface area contributed by atoms with Gasteiger partial charge in [0.25, 0.3) is 0 Å². The van der Waals surface area contributed by atoms with Gasteiger partial charge in [0.2, 0.25) is 0 Å². The summed E-state index contributed by atoms with van der Waals surface area (Å²) in [4.78, 5) is 13.7. The van der Waals surface area contributed by atoms with Crippen molar-refractivity contribution < 1.29 is 0 Å². The highest BCUT2D eigenvalue weighted by Crippen LogP contribution is 2.28. The van der Waals surface area contributed by atoms with Gasteiger partial charge in [-0.05, 0) is 24.6 Å². The van der Waals surface area contributed by atoms with Crippen molar-refractivity contribution in [2.75, 3.05) is 0 Å². The number of benzene rings is 2. The lowest BCUT2D eigenvalue weighted by atomic mass is 10.0. The summed E-state index contributed by atoms with van der Waals surface area (Å²) in [5.74, 6) is 0. The van der Waals surface area contributed by atoms with Gasteiger partial charge in [0, 0.05) is 10.9 Å². The van der Waals surface area contributed by atoms with E-state index in [2.05, 4.69) is 41.2 Å². The molecule has 2 aromatic heterocycles. The van der Waals surface area contributed by atoms with Crippen molar-refractivity contribution in [1.29, 1.82) is 0 Å². The van der Waals surface area contributed by atoms with E-state index in [0.29, 0.717) is 0 Å². The fourth-order valence-electron chi connectivity index (χ4n) is 2.73. The van der Waals surface area contributed by atoms with Gasteiger partial charge in [-0.25, -0.2) is 15.0 Å². The summed E-state index contributed by atoms with van der Waals surface area (Å²) in [5.41, 5.74) is 5.88. The van der Waals surface area contributed by atoms with E-state index in [0.717, 1.165) is 39.1 Å². The first-order valence-electron chi connectivity index (χ1n) is 7.56. The van der Waals surface area contributed by atoms with Crippen LogP contribution >= 0.6 is 0 Å². The Bertz CT molecular complexity index is 973. The Morgan fingerprint density at radius 1 is 0.696 bits per heavy atom. The quantitative estimate of drug-likeness (QED) is 0.540. The summed E-state index contributed by atoms with van der Waals surface area (Å²) in [5, 5.41) is 1.02. The van der Waals surface area contributed by atoms with Gasteiger partial charge in [-0.1, -0.05) is 54.6 Å². The molecular formula is C20H15N3. The maximum Gasteiger partial charge on any atom is 0.116 e. The zero-order chi connectivity index (χ0) is 15.6.